The van der Waals surface area contributed by atoms with E-state index in [2.05, 4.69) is 16.0 Å². The summed E-state index contributed by atoms with van der Waals surface area (Å²) >= 11 is 0. The Kier molecular flexibility index (Phi) is 5.72. The van der Waals surface area contributed by atoms with Crippen molar-refractivity contribution in [3.8, 4) is 5.75 Å². The van der Waals surface area contributed by atoms with Crippen molar-refractivity contribution in [1.29, 1.82) is 0 Å². The topological polar surface area (TPSA) is 81.0 Å². The van der Waals surface area contributed by atoms with Gasteiger partial charge in [0.1, 0.15) is 11.6 Å². The first-order chi connectivity index (χ1) is 10.6. The maximum atomic E-state index is 11.6. The summed E-state index contributed by atoms with van der Waals surface area (Å²) in [5.41, 5.74) is 8.50. The number of aryl methyl sites for hydroxylation is 3. The maximum absolute atomic E-state index is 11.6. The highest BCUT2D eigenvalue weighted by Gasteiger charge is 2.03. The number of aromatic amines is 1. The molecular weight excluding hydrogens is 278 g/mol. The molecule has 0 saturated heterocycles. The third-order valence-corrected chi connectivity index (χ3v) is 3.28. The zero-order chi connectivity index (χ0) is 15.9. The molecule has 1 aromatic carbocycles. The monoisotopic (exact) mass is 301 g/mol. The van der Waals surface area contributed by atoms with Crippen LogP contribution in [0.3, 0.4) is 0 Å². The lowest BCUT2D eigenvalue weighted by Crippen LogP contribution is -2.15. The van der Waals surface area contributed by atoms with Crippen LogP contribution in [0.15, 0.2) is 29.1 Å². The van der Waals surface area contributed by atoms with Crippen molar-refractivity contribution in [2.75, 3.05) is 13.2 Å². The molecule has 0 aliphatic heterocycles. The van der Waals surface area contributed by atoms with E-state index in [9.17, 15) is 4.79 Å². The van der Waals surface area contributed by atoms with Gasteiger partial charge in [0.05, 0.1) is 6.61 Å². The Labute approximate surface area is 130 Å². The van der Waals surface area contributed by atoms with Gasteiger partial charge in [-0.25, -0.2) is 4.98 Å². The lowest BCUT2D eigenvalue weighted by atomic mass is 10.1. The van der Waals surface area contributed by atoms with Crippen LogP contribution in [0.25, 0.3) is 0 Å². The minimum atomic E-state index is -0.122. The van der Waals surface area contributed by atoms with Crippen LogP contribution >= 0.6 is 0 Å². The Morgan fingerprint density at radius 3 is 2.55 bits per heavy atom. The molecule has 0 unspecified atom stereocenters. The van der Waals surface area contributed by atoms with E-state index in [1.54, 1.807) is 0 Å². The summed E-state index contributed by atoms with van der Waals surface area (Å²) in [4.78, 5) is 18.8. The lowest BCUT2D eigenvalue weighted by molar-refractivity contribution is 0.318. The standard InChI is InChI=1S/C17H23N3O2/c1-12-8-13(2)10-15(9-12)22-7-5-16-19-14(4-3-6-18)11-17(21)20-16/h8-11H,3-7,18H2,1-2H3,(H,19,20,21). The second-order valence-electron chi connectivity index (χ2n) is 5.50. The Morgan fingerprint density at radius 1 is 1.14 bits per heavy atom. The molecule has 5 heteroatoms. The summed E-state index contributed by atoms with van der Waals surface area (Å²) in [6.45, 7) is 5.16. The molecular formula is C17H23N3O2. The highest BCUT2D eigenvalue weighted by atomic mass is 16.5. The minimum Gasteiger partial charge on any atom is -0.493 e. The molecule has 0 atom stereocenters. The highest BCUT2D eigenvalue weighted by molar-refractivity contribution is 5.32. The van der Waals surface area contributed by atoms with E-state index in [1.165, 1.54) is 17.2 Å². The summed E-state index contributed by atoms with van der Waals surface area (Å²) in [5.74, 6) is 1.50. The number of hydrogen-bond acceptors (Lipinski definition) is 4. The largest absolute Gasteiger partial charge is 0.493 e. The Hall–Kier alpha value is -2.14. The van der Waals surface area contributed by atoms with Crippen LogP contribution in [-0.2, 0) is 12.8 Å². The van der Waals surface area contributed by atoms with Gasteiger partial charge >= 0.3 is 0 Å². The normalized spacial score (nSPS) is 10.7. The van der Waals surface area contributed by atoms with Gasteiger partial charge in [0.15, 0.2) is 0 Å². The molecule has 3 N–H and O–H groups in total. The molecule has 0 radical (unpaired) electrons. The first-order valence-corrected chi connectivity index (χ1v) is 7.57. The van der Waals surface area contributed by atoms with Crippen LogP contribution in [0.5, 0.6) is 5.75 Å². The van der Waals surface area contributed by atoms with E-state index < -0.39 is 0 Å². The lowest BCUT2D eigenvalue weighted by Gasteiger charge is -2.08. The van der Waals surface area contributed by atoms with Gasteiger partial charge in [-0.15, -0.1) is 0 Å². The molecule has 118 valence electrons. The quantitative estimate of drug-likeness (QED) is 0.818. The number of H-pyrrole nitrogens is 1. The predicted molar refractivity (Wildman–Crippen MR) is 87.3 cm³/mol. The number of ether oxygens (including phenoxy) is 1. The maximum Gasteiger partial charge on any atom is 0.251 e. The van der Waals surface area contributed by atoms with E-state index in [-0.39, 0.29) is 5.56 Å². The fourth-order valence-corrected chi connectivity index (χ4v) is 2.37. The Morgan fingerprint density at radius 2 is 1.86 bits per heavy atom. The summed E-state index contributed by atoms with van der Waals surface area (Å²) in [6.07, 6.45) is 2.12. The van der Waals surface area contributed by atoms with Crippen LogP contribution in [-0.4, -0.2) is 23.1 Å². The smallest absolute Gasteiger partial charge is 0.251 e. The first kappa shape index (κ1) is 16.2. The number of hydrogen-bond donors (Lipinski definition) is 2. The summed E-state index contributed by atoms with van der Waals surface area (Å²) < 4.78 is 5.75. The van der Waals surface area contributed by atoms with Gasteiger partial charge in [0.2, 0.25) is 0 Å². The molecule has 0 aliphatic rings. The zero-order valence-electron chi connectivity index (χ0n) is 13.2. The van der Waals surface area contributed by atoms with E-state index in [4.69, 9.17) is 10.5 Å². The fourth-order valence-electron chi connectivity index (χ4n) is 2.37. The molecule has 1 heterocycles. The molecule has 2 aromatic rings. The van der Waals surface area contributed by atoms with E-state index in [1.807, 2.05) is 26.0 Å². The van der Waals surface area contributed by atoms with Gasteiger partial charge in [-0.05, 0) is 56.5 Å². The fraction of sp³-hybridized carbons (Fsp3) is 0.412. The van der Waals surface area contributed by atoms with Crippen molar-refractivity contribution in [1.82, 2.24) is 9.97 Å². The number of nitrogens with zero attached hydrogens (tertiary/aromatic N) is 1. The van der Waals surface area contributed by atoms with Crippen molar-refractivity contribution in [2.24, 2.45) is 5.73 Å². The first-order valence-electron chi connectivity index (χ1n) is 7.57. The molecule has 1 aromatic heterocycles. The third kappa shape index (κ3) is 5.00. The average molecular weight is 301 g/mol. The van der Waals surface area contributed by atoms with Crippen molar-refractivity contribution < 1.29 is 4.74 Å². The number of rotatable bonds is 7. The summed E-state index contributed by atoms with van der Waals surface area (Å²) in [6, 6.07) is 7.64. The summed E-state index contributed by atoms with van der Waals surface area (Å²) in [7, 11) is 0. The SMILES string of the molecule is Cc1cc(C)cc(OCCc2nc(CCCN)cc(=O)[nH]2)c1. The van der Waals surface area contributed by atoms with Crippen LogP contribution in [0, 0.1) is 13.8 Å². The second-order valence-corrected chi connectivity index (χ2v) is 5.50. The van der Waals surface area contributed by atoms with Crippen molar-refractivity contribution in [3.05, 3.63) is 57.3 Å². The number of nitrogens with one attached hydrogen (secondary N) is 1. The third-order valence-electron chi connectivity index (χ3n) is 3.28. The predicted octanol–water partition coefficient (Wildman–Crippen LogP) is 1.90. The number of nitrogens with two attached hydrogens (primary N) is 1. The van der Waals surface area contributed by atoms with Crippen molar-refractivity contribution >= 4 is 0 Å². The average Bonchev–Trinajstić information content (AvgIpc) is 2.43. The highest BCUT2D eigenvalue weighted by Crippen LogP contribution is 2.16. The number of benzene rings is 1. The number of aromatic nitrogens is 2. The molecule has 5 nitrogen and oxygen atoms in total. The van der Waals surface area contributed by atoms with Crippen molar-refractivity contribution in [3.63, 3.8) is 0 Å². The van der Waals surface area contributed by atoms with E-state index in [0.717, 1.165) is 24.3 Å². The minimum absolute atomic E-state index is 0.122. The molecule has 0 aliphatic carbocycles. The van der Waals surface area contributed by atoms with Gasteiger partial charge in [0.25, 0.3) is 5.56 Å². The molecule has 0 saturated carbocycles. The van der Waals surface area contributed by atoms with Gasteiger partial charge in [-0.3, -0.25) is 4.79 Å². The van der Waals surface area contributed by atoms with Crippen LogP contribution in [0.4, 0.5) is 0 Å². The molecule has 2 rings (SSSR count). The summed E-state index contributed by atoms with van der Waals surface area (Å²) in [5, 5.41) is 0. The van der Waals surface area contributed by atoms with Gasteiger partial charge in [-0.1, -0.05) is 6.07 Å². The molecule has 22 heavy (non-hydrogen) atoms. The zero-order valence-corrected chi connectivity index (χ0v) is 13.2. The molecule has 0 amide bonds. The van der Waals surface area contributed by atoms with Gasteiger partial charge < -0.3 is 15.5 Å². The molecule has 0 spiro atoms. The van der Waals surface area contributed by atoms with Gasteiger partial charge in [0, 0.05) is 18.2 Å². The second kappa shape index (κ2) is 7.75. The van der Waals surface area contributed by atoms with E-state index >= 15 is 0 Å². The van der Waals surface area contributed by atoms with E-state index in [0.29, 0.717) is 25.4 Å². The molecule has 0 bridgehead atoms. The van der Waals surface area contributed by atoms with Crippen LogP contribution < -0.4 is 16.0 Å². The van der Waals surface area contributed by atoms with Crippen LogP contribution in [0.1, 0.15) is 29.1 Å². The van der Waals surface area contributed by atoms with Crippen molar-refractivity contribution in [2.45, 2.75) is 33.1 Å². The van der Waals surface area contributed by atoms with Gasteiger partial charge in [-0.2, -0.15) is 0 Å². The molecule has 0 fully saturated rings. The Bertz CT molecular complexity index is 660. The van der Waals surface area contributed by atoms with Crippen LogP contribution in [0.2, 0.25) is 0 Å². The Balaban J connectivity index is 1.96.